The average Bonchev–Trinajstić information content (AvgIpc) is 2.84. The lowest BCUT2D eigenvalue weighted by atomic mass is 10.2. The molecule has 0 bridgehead atoms. The highest BCUT2D eigenvalue weighted by atomic mass is 79.9. The lowest BCUT2D eigenvalue weighted by molar-refractivity contribution is -0.121. The topological polar surface area (TPSA) is 97.3 Å². The number of methoxy groups -OCH3 is 2. The zero-order chi connectivity index (χ0) is 24.6. The molecule has 3 rings (SSSR count). The third kappa shape index (κ3) is 6.43. The lowest BCUT2D eigenvalue weighted by Crippen LogP contribution is -2.39. The third-order valence-electron chi connectivity index (χ3n) is 4.82. The van der Waals surface area contributed by atoms with Crippen molar-refractivity contribution in [2.45, 2.75) is 11.4 Å². The molecular formula is C24H24BrN3O5S. The average molecular weight is 546 g/mol. The van der Waals surface area contributed by atoms with E-state index in [0.29, 0.717) is 17.1 Å². The summed E-state index contributed by atoms with van der Waals surface area (Å²) in [6.07, 6.45) is 1.39. The van der Waals surface area contributed by atoms with Crippen LogP contribution in [-0.2, 0) is 21.4 Å². The first-order valence-electron chi connectivity index (χ1n) is 10.2. The summed E-state index contributed by atoms with van der Waals surface area (Å²) < 4.78 is 39.1. The van der Waals surface area contributed by atoms with E-state index in [4.69, 9.17) is 9.47 Å². The van der Waals surface area contributed by atoms with E-state index in [1.807, 2.05) is 18.2 Å². The number of carbonyl (C=O) groups excluding carboxylic acids is 1. The molecule has 0 unspecified atom stereocenters. The predicted molar refractivity (Wildman–Crippen MR) is 133 cm³/mol. The lowest BCUT2D eigenvalue weighted by Gasteiger charge is -2.21. The van der Waals surface area contributed by atoms with Gasteiger partial charge in [0.2, 0.25) is 10.0 Å². The van der Waals surface area contributed by atoms with Crippen LogP contribution in [0.1, 0.15) is 11.1 Å². The smallest absolute Gasteiger partial charge is 0.255 e. The number of rotatable bonds is 10. The Morgan fingerprint density at radius 1 is 0.971 bits per heavy atom. The van der Waals surface area contributed by atoms with E-state index in [-0.39, 0.29) is 11.4 Å². The minimum Gasteiger partial charge on any atom is -0.496 e. The number of benzene rings is 3. The summed E-state index contributed by atoms with van der Waals surface area (Å²) in [6.45, 7) is -0.398. The number of amides is 1. The molecule has 8 nitrogen and oxygen atoms in total. The van der Waals surface area contributed by atoms with Crippen molar-refractivity contribution in [1.82, 2.24) is 9.73 Å². The largest absolute Gasteiger partial charge is 0.496 e. The van der Waals surface area contributed by atoms with Gasteiger partial charge in [0.05, 0.1) is 37.4 Å². The van der Waals surface area contributed by atoms with E-state index in [1.54, 1.807) is 42.5 Å². The molecule has 0 radical (unpaired) electrons. The van der Waals surface area contributed by atoms with E-state index >= 15 is 0 Å². The highest BCUT2D eigenvalue weighted by Gasteiger charge is 2.27. The number of halogens is 1. The first-order valence-corrected chi connectivity index (χ1v) is 12.4. The highest BCUT2D eigenvalue weighted by Crippen LogP contribution is 2.26. The number of hydrogen-bond donors (Lipinski definition) is 1. The van der Waals surface area contributed by atoms with Crippen molar-refractivity contribution in [3.8, 4) is 11.5 Å². The zero-order valence-corrected chi connectivity index (χ0v) is 21.0. The van der Waals surface area contributed by atoms with Crippen LogP contribution in [0, 0.1) is 0 Å². The van der Waals surface area contributed by atoms with Crippen molar-refractivity contribution in [2.75, 3.05) is 20.8 Å². The van der Waals surface area contributed by atoms with Crippen LogP contribution in [-0.4, -0.2) is 45.6 Å². The molecular weight excluding hydrogens is 522 g/mol. The van der Waals surface area contributed by atoms with Crippen LogP contribution in [0.2, 0.25) is 0 Å². The van der Waals surface area contributed by atoms with Crippen LogP contribution in [0.5, 0.6) is 11.5 Å². The van der Waals surface area contributed by atoms with Crippen LogP contribution >= 0.6 is 15.9 Å². The normalized spacial score (nSPS) is 11.5. The maximum atomic E-state index is 13.3. The summed E-state index contributed by atoms with van der Waals surface area (Å²) in [5.41, 5.74) is 3.68. The Kier molecular flexibility index (Phi) is 8.80. The molecule has 3 aromatic carbocycles. The van der Waals surface area contributed by atoms with E-state index < -0.39 is 22.5 Å². The van der Waals surface area contributed by atoms with Crippen molar-refractivity contribution in [3.05, 3.63) is 88.4 Å². The maximum Gasteiger partial charge on any atom is 0.255 e. The first kappa shape index (κ1) is 25.4. The fraction of sp³-hybridized carbons (Fsp3) is 0.167. The molecule has 3 aromatic rings. The fourth-order valence-electron chi connectivity index (χ4n) is 3.14. The molecule has 1 amide bonds. The molecule has 34 heavy (non-hydrogen) atoms. The van der Waals surface area contributed by atoms with E-state index in [2.05, 4.69) is 26.5 Å². The molecule has 178 valence electrons. The molecule has 0 heterocycles. The van der Waals surface area contributed by atoms with Gasteiger partial charge in [0.25, 0.3) is 5.91 Å². The summed E-state index contributed by atoms with van der Waals surface area (Å²) in [7, 11) is -0.924. The van der Waals surface area contributed by atoms with Crippen LogP contribution in [0.3, 0.4) is 0 Å². The molecule has 10 heteroatoms. The standard InChI is InChI=1S/C24H24BrN3O5S/c1-32-22-9-6-10-23(33-2)21(22)15-26-27-24(29)17-28(16-18-7-4-3-5-8-18)34(30,31)20-13-11-19(25)12-14-20/h3-15H,16-17H2,1-2H3,(H,27,29)/b26-15-. The van der Waals surface area contributed by atoms with E-state index in [1.165, 1.54) is 32.6 Å². The Morgan fingerprint density at radius 2 is 1.59 bits per heavy atom. The van der Waals surface area contributed by atoms with E-state index in [9.17, 15) is 13.2 Å². The molecule has 0 saturated heterocycles. The van der Waals surface area contributed by atoms with Crippen LogP contribution in [0.25, 0.3) is 0 Å². The van der Waals surface area contributed by atoms with Crippen molar-refractivity contribution in [1.29, 1.82) is 0 Å². The number of hydrazone groups is 1. The number of sulfonamides is 1. The van der Waals surface area contributed by atoms with Gasteiger partial charge in [-0.25, -0.2) is 13.8 Å². The van der Waals surface area contributed by atoms with Gasteiger partial charge >= 0.3 is 0 Å². The molecule has 0 fully saturated rings. The minimum absolute atomic E-state index is 0.0245. The second-order valence-electron chi connectivity index (χ2n) is 7.08. The van der Waals surface area contributed by atoms with Gasteiger partial charge in [0.15, 0.2) is 0 Å². The quantitative estimate of drug-likeness (QED) is 0.308. The van der Waals surface area contributed by atoms with E-state index in [0.717, 1.165) is 14.3 Å². The van der Waals surface area contributed by atoms with Gasteiger partial charge in [-0.1, -0.05) is 52.3 Å². The van der Waals surface area contributed by atoms with Gasteiger partial charge in [-0.3, -0.25) is 4.79 Å². The number of nitrogens with zero attached hydrogens (tertiary/aromatic N) is 2. The summed E-state index contributed by atoms with van der Waals surface area (Å²) in [5, 5.41) is 3.97. The Labute approximate surface area is 207 Å². The summed E-state index contributed by atoms with van der Waals surface area (Å²) in [4.78, 5) is 12.8. The SMILES string of the molecule is COc1cccc(OC)c1/C=N\NC(=O)CN(Cc1ccccc1)S(=O)(=O)c1ccc(Br)cc1. The molecule has 0 aliphatic heterocycles. The first-order chi connectivity index (χ1) is 16.3. The second-order valence-corrected chi connectivity index (χ2v) is 9.94. The number of nitrogens with one attached hydrogen (secondary N) is 1. The highest BCUT2D eigenvalue weighted by molar-refractivity contribution is 9.10. The maximum absolute atomic E-state index is 13.3. The molecule has 0 aliphatic rings. The van der Waals surface area contributed by atoms with Gasteiger partial charge in [0, 0.05) is 11.0 Å². The third-order valence-corrected chi connectivity index (χ3v) is 7.16. The van der Waals surface area contributed by atoms with Crippen molar-refractivity contribution in [3.63, 3.8) is 0 Å². The molecule has 1 N–H and O–H groups in total. The summed E-state index contributed by atoms with van der Waals surface area (Å²) >= 11 is 3.31. The minimum atomic E-state index is -3.95. The van der Waals surface area contributed by atoms with Crippen LogP contribution in [0.15, 0.2) is 87.3 Å². The van der Waals surface area contributed by atoms with Gasteiger partial charge < -0.3 is 9.47 Å². The number of carbonyl (C=O) groups is 1. The molecule has 0 spiro atoms. The number of ether oxygens (including phenoxy) is 2. The zero-order valence-electron chi connectivity index (χ0n) is 18.6. The van der Waals surface area contributed by atoms with Crippen LogP contribution in [0.4, 0.5) is 0 Å². The van der Waals surface area contributed by atoms with Gasteiger partial charge in [-0.15, -0.1) is 0 Å². The fourth-order valence-corrected chi connectivity index (χ4v) is 4.79. The van der Waals surface area contributed by atoms with Crippen molar-refractivity contribution in [2.24, 2.45) is 5.10 Å². The molecule has 0 saturated carbocycles. The number of hydrogen-bond acceptors (Lipinski definition) is 6. The Morgan fingerprint density at radius 3 is 2.18 bits per heavy atom. The summed E-state index contributed by atoms with van der Waals surface area (Å²) in [6, 6.07) is 20.5. The van der Waals surface area contributed by atoms with Crippen molar-refractivity contribution < 1.29 is 22.7 Å². The van der Waals surface area contributed by atoms with Crippen LogP contribution < -0.4 is 14.9 Å². The Balaban J connectivity index is 1.80. The molecule has 0 aromatic heterocycles. The second kappa shape index (κ2) is 11.8. The molecule has 0 aliphatic carbocycles. The van der Waals surface area contributed by atoms with Crippen molar-refractivity contribution >= 4 is 38.1 Å². The monoisotopic (exact) mass is 545 g/mol. The predicted octanol–water partition coefficient (Wildman–Crippen LogP) is 3.81. The van der Waals surface area contributed by atoms with Gasteiger partial charge in [-0.05, 0) is 42.0 Å². The molecule has 0 atom stereocenters. The Bertz CT molecular complexity index is 1230. The summed E-state index contributed by atoms with van der Waals surface area (Å²) in [5.74, 6) is 0.434. The van der Waals surface area contributed by atoms with Gasteiger partial charge in [-0.2, -0.15) is 9.41 Å². The van der Waals surface area contributed by atoms with Gasteiger partial charge in [0.1, 0.15) is 11.5 Å². The Hall–Kier alpha value is -3.21.